The molecular formula is C26H34N2O4. The van der Waals surface area contributed by atoms with Crippen molar-refractivity contribution in [1.82, 2.24) is 4.90 Å². The second-order valence-corrected chi connectivity index (χ2v) is 9.48. The molecule has 2 aliphatic heterocycles. The van der Waals surface area contributed by atoms with Gasteiger partial charge < -0.3 is 4.74 Å². The number of ether oxygens (including phenoxy) is 1. The molecule has 1 saturated carbocycles. The van der Waals surface area contributed by atoms with Crippen LogP contribution in [0.1, 0.15) is 69.2 Å². The number of hydrogen-bond donors (Lipinski definition) is 0. The van der Waals surface area contributed by atoms with Crippen LogP contribution in [0.25, 0.3) is 0 Å². The van der Waals surface area contributed by atoms with E-state index in [1.165, 1.54) is 44.6 Å². The lowest BCUT2D eigenvalue weighted by Crippen LogP contribution is -2.51. The van der Waals surface area contributed by atoms with Crippen LogP contribution in [-0.4, -0.2) is 48.4 Å². The number of rotatable bonds is 7. The van der Waals surface area contributed by atoms with E-state index in [4.69, 9.17) is 4.74 Å². The molecule has 0 radical (unpaired) electrons. The fourth-order valence-electron chi connectivity index (χ4n) is 5.58. The molecule has 2 fully saturated rings. The topological polar surface area (TPSA) is 66.9 Å². The van der Waals surface area contributed by atoms with Gasteiger partial charge in [-0.05, 0) is 57.2 Å². The minimum absolute atomic E-state index is 0.256. The fraction of sp³-hybridized carbons (Fsp3) is 0.577. The number of para-hydroxylation sites is 1. The Morgan fingerprint density at radius 1 is 1.16 bits per heavy atom. The lowest BCUT2D eigenvalue weighted by Gasteiger charge is -2.47. The first kappa shape index (κ1) is 22.7. The van der Waals surface area contributed by atoms with E-state index in [-0.39, 0.29) is 5.56 Å². The van der Waals surface area contributed by atoms with Gasteiger partial charge in [-0.2, -0.15) is 0 Å². The Kier molecular flexibility index (Phi) is 7.09. The van der Waals surface area contributed by atoms with Crippen molar-refractivity contribution >= 4 is 23.5 Å². The van der Waals surface area contributed by atoms with E-state index in [0.717, 1.165) is 24.4 Å². The second-order valence-electron chi connectivity index (χ2n) is 9.48. The molecule has 3 atom stereocenters. The van der Waals surface area contributed by atoms with Gasteiger partial charge in [0.25, 0.3) is 11.8 Å². The molecule has 0 unspecified atom stereocenters. The van der Waals surface area contributed by atoms with Gasteiger partial charge in [-0.3, -0.25) is 14.5 Å². The first-order valence-corrected chi connectivity index (χ1v) is 12.1. The van der Waals surface area contributed by atoms with Crippen LogP contribution in [0.5, 0.6) is 0 Å². The first-order chi connectivity index (χ1) is 15.5. The summed E-state index contributed by atoms with van der Waals surface area (Å²) in [6.45, 7) is 6.30. The summed E-state index contributed by atoms with van der Waals surface area (Å²) in [7, 11) is 0. The van der Waals surface area contributed by atoms with Crippen LogP contribution < -0.4 is 4.90 Å². The van der Waals surface area contributed by atoms with Crippen molar-refractivity contribution in [3.8, 4) is 0 Å². The second kappa shape index (κ2) is 9.99. The molecule has 4 rings (SSSR count). The Balaban J connectivity index is 1.43. The number of anilines is 1. The van der Waals surface area contributed by atoms with Crippen molar-refractivity contribution in [3.63, 3.8) is 0 Å². The number of esters is 1. The summed E-state index contributed by atoms with van der Waals surface area (Å²) in [5, 5.41) is 0. The van der Waals surface area contributed by atoms with E-state index >= 15 is 0 Å². The number of imide groups is 1. The molecule has 3 aliphatic rings. The monoisotopic (exact) mass is 438 g/mol. The fourth-order valence-corrected chi connectivity index (χ4v) is 5.58. The molecule has 1 aromatic rings. The van der Waals surface area contributed by atoms with E-state index in [1.54, 1.807) is 31.2 Å². The van der Waals surface area contributed by atoms with E-state index in [9.17, 15) is 14.4 Å². The molecule has 6 nitrogen and oxygen atoms in total. The molecule has 0 aromatic heterocycles. The van der Waals surface area contributed by atoms with Crippen LogP contribution in [0, 0.1) is 11.8 Å². The molecule has 0 spiro atoms. The number of carbonyl (C=O) groups excluding carboxylic acids is 3. The summed E-state index contributed by atoms with van der Waals surface area (Å²) in [6.07, 6.45) is 9.98. The minimum Gasteiger partial charge on any atom is -0.462 e. The van der Waals surface area contributed by atoms with Crippen molar-refractivity contribution in [2.45, 2.75) is 64.8 Å². The maximum atomic E-state index is 13.0. The van der Waals surface area contributed by atoms with Crippen molar-refractivity contribution < 1.29 is 19.1 Å². The van der Waals surface area contributed by atoms with Gasteiger partial charge in [0.1, 0.15) is 0 Å². The van der Waals surface area contributed by atoms with Crippen molar-refractivity contribution in [2.75, 3.05) is 24.6 Å². The summed E-state index contributed by atoms with van der Waals surface area (Å²) in [4.78, 5) is 41.4. The number of amides is 2. The zero-order valence-electron chi connectivity index (χ0n) is 19.2. The average molecular weight is 439 g/mol. The Bertz CT molecular complexity index is 909. The molecule has 1 saturated heterocycles. The number of piperidine rings is 1. The molecule has 2 heterocycles. The van der Waals surface area contributed by atoms with Crippen molar-refractivity contribution in [3.05, 3.63) is 41.5 Å². The van der Waals surface area contributed by atoms with E-state index in [1.807, 2.05) is 0 Å². The van der Waals surface area contributed by atoms with Crippen LogP contribution in [0.4, 0.5) is 5.69 Å². The van der Waals surface area contributed by atoms with Crippen LogP contribution in [0.3, 0.4) is 0 Å². The zero-order valence-corrected chi connectivity index (χ0v) is 19.2. The molecule has 0 N–H and O–H groups in total. The molecule has 6 heteroatoms. The van der Waals surface area contributed by atoms with Gasteiger partial charge in [-0.25, -0.2) is 9.69 Å². The smallest absolute Gasteiger partial charge is 0.340 e. The predicted octanol–water partition coefficient (Wildman–Crippen LogP) is 4.34. The Morgan fingerprint density at radius 2 is 1.94 bits per heavy atom. The van der Waals surface area contributed by atoms with Gasteiger partial charge >= 0.3 is 5.97 Å². The third-order valence-corrected chi connectivity index (χ3v) is 7.18. The highest BCUT2D eigenvalue weighted by Crippen LogP contribution is 2.38. The highest BCUT2D eigenvalue weighted by atomic mass is 16.5. The SMILES string of the molecule is CCCCN1C[C@@H](COC(=O)c2ccccc2N2C(=O)C=C(C)C2=O)C[C@H]2CCCC[C@H]21. The third kappa shape index (κ3) is 4.65. The van der Waals surface area contributed by atoms with Crippen LogP contribution in [-0.2, 0) is 14.3 Å². The van der Waals surface area contributed by atoms with Gasteiger partial charge in [0.2, 0.25) is 0 Å². The molecule has 2 amide bonds. The predicted molar refractivity (Wildman–Crippen MR) is 123 cm³/mol. The number of carbonyl (C=O) groups is 3. The number of nitrogens with zero attached hydrogens (tertiary/aromatic N) is 2. The molecule has 1 aromatic carbocycles. The summed E-state index contributed by atoms with van der Waals surface area (Å²) in [5.74, 6) is -0.274. The maximum absolute atomic E-state index is 13.0. The van der Waals surface area contributed by atoms with Crippen LogP contribution >= 0.6 is 0 Å². The van der Waals surface area contributed by atoms with Crippen LogP contribution in [0.15, 0.2) is 35.9 Å². The molecule has 32 heavy (non-hydrogen) atoms. The highest BCUT2D eigenvalue weighted by molar-refractivity contribution is 6.31. The van der Waals surface area contributed by atoms with Gasteiger partial charge in [0.15, 0.2) is 0 Å². The third-order valence-electron chi connectivity index (χ3n) is 7.18. The van der Waals surface area contributed by atoms with E-state index in [0.29, 0.717) is 35.7 Å². The average Bonchev–Trinajstić information content (AvgIpc) is 3.06. The van der Waals surface area contributed by atoms with E-state index in [2.05, 4.69) is 11.8 Å². The highest BCUT2D eigenvalue weighted by Gasteiger charge is 2.38. The van der Waals surface area contributed by atoms with Crippen LogP contribution in [0.2, 0.25) is 0 Å². The van der Waals surface area contributed by atoms with Gasteiger partial charge in [-0.1, -0.05) is 38.3 Å². The summed E-state index contributed by atoms with van der Waals surface area (Å²) < 4.78 is 5.77. The number of fused-ring (bicyclic) bond motifs is 1. The molecular weight excluding hydrogens is 404 g/mol. The largest absolute Gasteiger partial charge is 0.462 e. The summed E-state index contributed by atoms with van der Waals surface area (Å²) in [6, 6.07) is 7.38. The number of hydrogen-bond acceptors (Lipinski definition) is 5. The summed E-state index contributed by atoms with van der Waals surface area (Å²) >= 11 is 0. The van der Waals surface area contributed by atoms with Crippen molar-refractivity contribution in [1.29, 1.82) is 0 Å². The number of unbranched alkanes of at least 4 members (excludes halogenated alkanes) is 1. The first-order valence-electron chi connectivity index (χ1n) is 12.1. The standard InChI is InChI=1S/C26H34N2O4/c1-3-4-13-27-16-19(15-20-9-5-7-11-22(20)27)17-32-26(31)21-10-6-8-12-23(21)28-24(29)14-18(2)25(28)30/h6,8,10,12,14,19-20,22H,3-5,7,9,11,13,15-17H2,1-2H3/t19-,20+,22+/m0/s1. The quantitative estimate of drug-likeness (QED) is 0.468. The zero-order chi connectivity index (χ0) is 22.7. The normalized spacial score (nSPS) is 26.1. The molecule has 1 aliphatic carbocycles. The maximum Gasteiger partial charge on any atom is 0.340 e. The lowest BCUT2D eigenvalue weighted by atomic mass is 9.75. The minimum atomic E-state index is -0.475. The number of benzene rings is 1. The van der Waals surface area contributed by atoms with Crippen molar-refractivity contribution in [2.24, 2.45) is 11.8 Å². The Hall–Kier alpha value is -2.47. The lowest BCUT2D eigenvalue weighted by molar-refractivity contribution is -0.120. The molecule has 0 bridgehead atoms. The van der Waals surface area contributed by atoms with E-state index < -0.39 is 17.8 Å². The Morgan fingerprint density at radius 3 is 2.69 bits per heavy atom. The van der Waals surface area contributed by atoms with Gasteiger partial charge in [0.05, 0.1) is 17.9 Å². The summed E-state index contributed by atoms with van der Waals surface area (Å²) in [5.41, 5.74) is 0.919. The van der Waals surface area contributed by atoms with Gasteiger partial charge in [0, 0.05) is 30.2 Å². The van der Waals surface area contributed by atoms with Gasteiger partial charge in [-0.15, -0.1) is 0 Å². The Labute approximate surface area is 190 Å². The number of likely N-dealkylation sites (tertiary alicyclic amines) is 1. The molecule has 172 valence electrons.